The van der Waals surface area contributed by atoms with Crippen molar-refractivity contribution in [2.24, 2.45) is 7.05 Å². The highest BCUT2D eigenvalue weighted by molar-refractivity contribution is 5.87. The summed E-state index contributed by atoms with van der Waals surface area (Å²) in [6, 6.07) is 12.9. The van der Waals surface area contributed by atoms with E-state index in [-0.39, 0.29) is 18.6 Å². The topological polar surface area (TPSA) is 51.5 Å². The van der Waals surface area contributed by atoms with Gasteiger partial charge in [-0.3, -0.25) is 4.79 Å². The predicted molar refractivity (Wildman–Crippen MR) is 78.4 cm³/mol. The van der Waals surface area contributed by atoms with Crippen LogP contribution in [0, 0.1) is 0 Å². The third-order valence-corrected chi connectivity index (χ3v) is 3.40. The van der Waals surface area contributed by atoms with Gasteiger partial charge in [-0.05, 0) is 41.3 Å². The Morgan fingerprint density at radius 2 is 2.00 bits per heavy atom. The third kappa shape index (κ3) is 2.14. The van der Waals surface area contributed by atoms with Gasteiger partial charge < -0.3 is 14.4 Å². The lowest BCUT2D eigenvalue weighted by Gasteiger charge is -2.16. The van der Waals surface area contributed by atoms with Crippen LogP contribution in [-0.4, -0.2) is 22.9 Å². The summed E-state index contributed by atoms with van der Waals surface area (Å²) in [4.78, 5) is 11.5. The van der Waals surface area contributed by atoms with Crippen molar-refractivity contribution in [2.75, 3.05) is 13.2 Å². The van der Waals surface area contributed by atoms with Crippen LogP contribution in [0.15, 0.2) is 47.3 Å². The first-order valence-electron chi connectivity index (χ1n) is 6.46. The van der Waals surface area contributed by atoms with Gasteiger partial charge >= 0.3 is 0 Å². The number of fused-ring (bicyclic) bond motifs is 2. The second-order valence-electron chi connectivity index (χ2n) is 4.72. The summed E-state index contributed by atoms with van der Waals surface area (Å²) in [5, 5.41) is 9.88. The van der Waals surface area contributed by atoms with Crippen molar-refractivity contribution in [2.45, 2.75) is 0 Å². The molecule has 0 fully saturated rings. The van der Waals surface area contributed by atoms with Crippen LogP contribution in [0.4, 0.5) is 0 Å². The lowest BCUT2D eigenvalue weighted by molar-refractivity contribution is 0.201. The summed E-state index contributed by atoms with van der Waals surface area (Å²) >= 11 is 0. The van der Waals surface area contributed by atoms with E-state index in [1.807, 2.05) is 35.9 Å². The molecule has 1 aliphatic heterocycles. The van der Waals surface area contributed by atoms with Crippen LogP contribution in [0.1, 0.15) is 0 Å². The van der Waals surface area contributed by atoms with Crippen LogP contribution < -0.4 is 10.2 Å². The van der Waals surface area contributed by atoms with Crippen LogP contribution in [-0.2, 0) is 7.05 Å². The Bertz CT molecular complexity index is 792. The van der Waals surface area contributed by atoms with Crippen LogP contribution in [0.25, 0.3) is 22.2 Å². The molecule has 4 heteroatoms. The van der Waals surface area contributed by atoms with Crippen molar-refractivity contribution in [1.82, 2.24) is 4.57 Å². The van der Waals surface area contributed by atoms with Crippen molar-refractivity contribution < 1.29 is 9.84 Å². The fourth-order valence-electron chi connectivity index (χ4n) is 2.42. The normalized spacial score (nSPS) is 11.1. The van der Waals surface area contributed by atoms with E-state index in [0.717, 1.165) is 22.2 Å². The zero-order chi connectivity index (χ0) is 14.1. The van der Waals surface area contributed by atoms with Crippen molar-refractivity contribution in [3.8, 4) is 17.0 Å². The van der Waals surface area contributed by atoms with Gasteiger partial charge in [0, 0.05) is 19.2 Å². The Balaban J connectivity index is 2.23. The van der Waals surface area contributed by atoms with E-state index in [1.54, 1.807) is 12.1 Å². The number of nitrogens with zero attached hydrogens (tertiary/aromatic N) is 1. The van der Waals surface area contributed by atoms with E-state index in [1.165, 1.54) is 0 Å². The van der Waals surface area contributed by atoms with Gasteiger partial charge in [0.15, 0.2) is 5.43 Å². The number of hydrogen-bond donors (Lipinski definition) is 1. The minimum Gasteiger partial charge on any atom is -0.491 e. The van der Waals surface area contributed by atoms with Crippen LogP contribution in [0.3, 0.4) is 0 Å². The number of benzene rings is 2. The Labute approximate surface area is 116 Å². The summed E-state index contributed by atoms with van der Waals surface area (Å²) in [6.45, 7) is 0.259. The van der Waals surface area contributed by atoms with Crippen molar-refractivity contribution in [3.63, 3.8) is 0 Å². The van der Waals surface area contributed by atoms with E-state index in [9.17, 15) is 4.79 Å². The highest BCUT2D eigenvalue weighted by Gasteiger charge is 2.09. The maximum atomic E-state index is 11.5. The largest absolute Gasteiger partial charge is 0.491 e. The molecule has 1 heterocycles. The van der Waals surface area contributed by atoms with Gasteiger partial charge in [0.05, 0.1) is 17.8 Å². The highest BCUT2D eigenvalue weighted by atomic mass is 16.5. The molecule has 1 aromatic carbocycles. The highest BCUT2D eigenvalue weighted by Crippen LogP contribution is 2.28. The van der Waals surface area contributed by atoms with E-state index < -0.39 is 0 Å². The van der Waals surface area contributed by atoms with Gasteiger partial charge in [-0.1, -0.05) is 0 Å². The molecule has 0 unspecified atom stereocenters. The number of aryl methyl sites for hydroxylation is 1. The fraction of sp³-hybridized carbons (Fsp3) is 0.188. The molecule has 1 N–H and O–H groups in total. The van der Waals surface area contributed by atoms with E-state index in [0.29, 0.717) is 5.75 Å². The minimum atomic E-state index is -0.0125. The summed E-state index contributed by atoms with van der Waals surface area (Å²) in [5.41, 5.74) is 2.91. The molecule has 102 valence electrons. The standard InChI is InChI=1S/C16H15NO3/c1-17-15-9-13(19)4-2-11(15)8-12-3-5-14(10-16(12)17)20-7-6-18/h2-5,8-10,18H,6-7H2,1H3. The molecule has 0 amide bonds. The maximum Gasteiger partial charge on any atom is 0.180 e. The molecule has 4 nitrogen and oxygen atoms in total. The van der Waals surface area contributed by atoms with Crippen molar-refractivity contribution in [3.05, 3.63) is 52.7 Å². The molecule has 0 bridgehead atoms. The van der Waals surface area contributed by atoms with Gasteiger partial charge in [0.1, 0.15) is 12.4 Å². The second-order valence-corrected chi connectivity index (χ2v) is 4.72. The zero-order valence-corrected chi connectivity index (χ0v) is 11.2. The molecule has 0 saturated carbocycles. The maximum absolute atomic E-state index is 11.5. The lowest BCUT2D eigenvalue weighted by atomic mass is 10.1. The number of hydrogen-bond acceptors (Lipinski definition) is 3. The van der Waals surface area contributed by atoms with Gasteiger partial charge in [-0.2, -0.15) is 0 Å². The SMILES string of the molecule is Cn1c2cc(=O)ccc-2cc2ccc(OCCO)cc21. The number of rotatable bonds is 3. The van der Waals surface area contributed by atoms with Gasteiger partial charge in [-0.15, -0.1) is 0 Å². The molecule has 20 heavy (non-hydrogen) atoms. The molecule has 0 saturated heterocycles. The second kappa shape index (κ2) is 4.98. The molecular formula is C16H15NO3. The average molecular weight is 269 g/mol. The Hall–Kier alpha value is -2.33. The summed E-state index contributed by atoms with van der Waals surface area (Å²) < 4.78 is 7.41. The average Bonchev–Trinajstić information content (AvgIpc) is 2.46. The Morgan fingerprint density at radius 1 is 1.15 bits per heavy atom. The Morgan fingerprint density at radius 3 is 2.80 bits per heavy atom. The Kier molecular flexibility index (Phi) is 3.16. The summed E-state index contributed by atoms with van der Waals surface area (Å²) in [5.74, 6) is 0.708. The van der Waals surface area contributed by atoms with Crippen molar-refractivity contribution >= 4 is 10.9 Å². The van der Waals surface area contributed by atoms with E-state index >= 15 is 0 Å². The number of pyridine rings is 1. The number of aliphatic hydroxyl groups excluding tert-OH is 1. The molecule has 3 rings (SSSR count). The van der Waals surface area contributed by atoms with Gasteiger partial charge in [0.2, 0.25) is 0 Å². The monoisotopic (exact) mass is 269 g/mol. The van der Waals surface area contributed by atoms with Gasteiger partial charge in [-0.25, -0.2) is 0 Å². The van der Waals surface area contributed by atoms with Crippen molar-refractivity contribution in [1.29, 1.82) is 0 Å². The quantitative estimate of drug-likeness (QED) is 0.740. The molecule has 0 spiro atoms. The van der Waals surface area contributed by atoms with Gasteiger partial charge in [0.25, 0.3) is 0 Å². The zero-order valence-electron chi connectivity index (χ0n) is 11.2. The first-order chi connectivity index (χ1) is 9.69. The first-order valence-corrected chi connectivity index (χ1v) is 6.46. The van der Waals surface area contributed by atoms with E-state index in [4.69, 9.17) is 9.84 Å². The fourth-order valence-corrected chi connectivity index (χ4v) is 2.42. The van der Waals surface area contributed by atoms with Crippen LogP contribution in [0.5, 0.6) is 5.75 Å². The molecule has 0 aromatic heterocycles. The lowest BCUT2D eigenvalue weighted by Crippen LogP contribution is -2.06. The number of aromatic nitrogens is 1. The summed E-state index contributed by atoms with van der Waals surface area (Å²) in [6.07, 6.45) is 0. The molecule has 1 aromatic rings. The third-order valence-electron chi connectivity index (χ3n) is 3.40. The van der Waals surface area contributed by atoms with Crippen LogP contribution >= 0.6 is 0 Å². The first kappa shape index (κ1) is 12.7. The molecule has 2 aliphatic rings. The smallest absolute Gasteiger partial charge is 0.180 e. The molecule has 0 atom stereocenters. The summed E-state index contributed by atoms with van der Waals surface area (Å²) in [7, 11) is 1.93. The molecular weight excluding hydrogens is 254 g/mol. The number of aliphatic hydroxyl groups is 1. The molecule has 1 aliphatic carbocycles. The number of ether oxygens (including phenoxy) is 1. The predicted octanol–water partition coefficient (Wildman–Crippen LogP) is 2.01. The van der Waals surface area contributed by atoms with E-state index in [2.05, 4.69) is 6.07 Å². The van der Waals surface area contributed by atoms with Crippen LogP contribution in [0.2, 0.25) is 0 Å². The molecule has 0 radical (unpaired) electrons. The minimum absolute atomic E-state index is 0.000125.